The van der Waals surface area contributed by atoms with Gasteiger partial charge in [-0.05, 0) is 89.9 Å². The second-order valence-electron chi connectivity index (χ2n) is 16.7. The van der Waals surface area contributed by atoms with E-state index in [1.54, 1.807) is 0 Å². The van der Waals surface area contributed by atoms with Crippen molar-refractivity contribution < 1.29 is 23.8 Å². The van der Waals surface area contributed by atoms with Gasteiger partial charge in [0.25, 0.3) is 0 Å². The van der Waals surface area contributed by atoms with Gasteiger partial charge in [-0.3, -0.25) is 9.59 Å². The summed E-state index contributed by atoms with van der Waals surface area (Å²) >= 11 is 0. The third kappa shape index (κ3) is 48.0. The third-order valence-corrected chi connectivity index (χ3v) is 10.7. The average Bonchev–Trinajstić information content (AvgIpc) is 3.25. The molecule has 0 N–H and O–H groups in total. The molecule has 0 rings (SSSR count). The molecule has 0 fully saturated rings. The summed E-state index contributed by atoms with van der Waals surface area (Å²) in [5, 5.41) is 0. The van der Waals surface area contributed by atoms with Crippen LogP contribution in [0.1, 0.15) is 239 Å². The lowest BCUT2D eigenvalue weighted by atomic mass is 10.1. The lowest BCUT2D eigenvalue weighted by Crippen LogP contribution is -2.30. The van der Waals surface area contributed by atoms with Crippen LogP contribution in [0.15, 0.2) is 72.9 Å². The largest absolute Gasteiger partial charge is 0.462 e. The number of hydrogen-bond donors (Lipinski definition) is 0. The van der Waals surface area contributed by atoms with E-state index in [1.165, 1.54) is 122 Å². The molecule has 0 amide bonds. The number of hydrogen-bond acceptors (Lipinski definition) is 5. The molecule has 0 aromatic heterocycles. The first kappa shape index (κ1) is 57.3. The van der Waals surface area contributed by atoms with Crippen LogP contribution in [-0.4, -0.2) is 37.9 Å². The summed E-state index contributed by atoms with van der Waals surface area (Å²) in [6.45, 7) is 7.66. The van der Waals surface area contributed by atoms with Crippen molar-refractivity contribution in [3.8, 4) is 0 Å². The van der Waals surface area contributed by atoms with Gasteiger partial charge in [0.2, 0.25) is 0 Å². The molecule has 0 aliphatic rings. The number of rotatable bonds is 46. The van der Waals surface area contributed by atoms with E-state index in [9.17, 15) is 9.59 Å². The minimum absolute atomic E-state index is 0.0653. The topological polar surface area (TPSA) is 61.8 Å². The Labute approximate surface area is 372 Å². The molecule has 0 spiro atoms. The van der Waals surface area contributed by atoms with Crippen molar-refractivity contribution in [1.82, 2.24) is 0 Å². The number of carbonyl (C=O) groups excluding carboxylic acids is 2. The fourth-order valence-electron chi connectivity index (χ4n) is 6.94. The molecule has 0 aromatic rings. The molecule has 1 unspecified atom stereocenters. The maximum Gasteiger partial charge on any atom is 0.306 e. The standard InChI is InChI=1S/C55H96O5/c1-4-7-10-13-16-19-21-23-25-27-28-29-30-32-34-37-39-42-45-48-54(56)59-52-53(60-55(57)49-46-43-40-36-18-15-12-9-6-3)51-58-50-47-44-41-38-35-33-31-26-24-22-20-17-14-11-8-5-2/h7,10,16,19,23-26,28-29,32,34,53H,4-6,8-9,11-15,17-18,20-22,27,30-31,33,35-52H2,1-3H3/b10-7-,19-16-,25-23-,26-24-,29-28-,34-32-. The van der Waals surface area contributed by atoms with Crippen LogP contribution < -0.4 is 0 Å². The molecule has 1 atom stereocenters. The molecular weight excluding hydrogens is 741 g/mol. The molecule has 0 radical (unpaired) electrons. The molecule has 60 heavy (non-hydrogen) atoms. The van der Waals surface area contributed by atoms with Crippen LogP contribution in [0.5, 0.6) is 0 Å². The molecule has 0 aliphatic heterocycles. The summed E-state index contributed by atoms with van der Waals surface area (Å²) in [5.74, 6) is -0.437. The Kier molecular flexibility index (Phi) is 48.4. The van der Waals surface area contributed by atoms with Gasteiger partial charge in [-0.15, -0.1) is 0 Å². The number of ether oxygens (including phenoxy) is 3. The summed E-state index contributed by atoms with van der Waals surface area (Å²) in [4.78, 5) is 25.3. The number of esters is 2. The highest BCUT2D eigenvalue weighted by Gasteiger charge is 2.17. The summed E-state index contributed by atoms with van der Waals surface area (Å²) < 4.78 is 17.3. The Morgan fingerprint density at radius 1 is 0.383 bits per heavy atom. The van der Waals surface area contributed by atoms with Crippen molar-refractivity contribution in [1.29, 1.82) is 0 Å². The van der Waals surface area contributed by atoms with E-state index >= 15 is 0 Å². The zero-order chi connectivity index (χ0) is 43.5. The van der Waals surface area contributed by atoms with Gasteiger partial charge in [-0.25, -0.2) is 0 Å². The maximum absolute atomic E-state index is 12.7. The van der Waals surface area contributed by atoms with Gasteiger partial charge in [-0.2, -0.15) is 0 Å². The smallest absolute Gasteiger partial charge is 0.306 e. The highest BCUT2D eigenvalue weighted by molar-refractivity contribution is 5.70. The van der Waals surface area contributed by atoms with Crippen molar-refractivity contribution in [3.05, 3.63) is 72.9 Å². The quantitative estimate of drug-likeness (QED) is 0.0347. The predicted molar refractivity (Wildman–Crippen MR) is 260 cm³/mol. The first-order chi connectivity index (χ1) is 29.6. The number of unbranched alkanes of at least 4 members (excludes halogenated alkanes) is 23. The predicted octanol–water partition coefficient (Wildman–Crippen LogP) is 17.1. The highest BCUT2D eigenvalue weighted by Crippen LogP contribution is 2.13. The zero-order valence-electron chi connectivity index (χ0n) is 39.7. The van der Waals surface area contributed by atoms with Gasteiger partial charge in [0, 0.05) is 19.4 Å². The molecule has 5 nitrogen and oxygen atoms in total. The minimum Gasteiger partial charge on any atom is -0.462 e. The molecule has 346 valence electrons. The van der Waals surface area contributed by atoms with Gasteiger partial charge in [0.15, 0.2) is 6.10 Å². The van der Waals surface area contributed by atoms with E-state index in [1.807, 2.05) is 0 Å². The van der Waals surface area contributed by atoms with E-state index in [0.717, 1.165) is 83.5 Å². The Hall–Kier alpha value is -2.66. The molecule has 5 heteroatoms. The van der Waals surface area contributed by atoms with Gasteiger partial charge < -0.3 is 14.2 Å². The highest BCUT2D eigenvalue weighted by atomic mass is 16.6. The van der Waals surface area contributed by atoms with Crippen molar-refractivity contribution in [3.63, 3.8) is 0 Å². The van der Waals surface area contributed by atoms with Crippen LogP contribution in [0.4, 0.5) is 0 Å². The first-order valence-corrected chi connectivity index (χ1v) is 25.5. The summed E-state index contributed by atoms with van der Waals surface area (Å²) in [5.41, 5.74) is 0. The van der Waals surface area contributed by atoms with E-state index < -0.39 is 6.10 Å². The minimum atomic E-state index is -0.551. The van der Waals surface area contributed by atoms with Crippen molar-refractivity contribution in [2.24, 2.45) is 0 Å². The van der Waals surface area contributed by atoms with E-state index in [0.29, 0.717) is 19.4 Å². The Morgan fingerprint density at radius 2 is 0.750 bits per heavy atom. The van der Waals surface area contributed by atoms with E-state index in [4.69, 9.17) is 14.2 Å². The SMILES string of the molecule is CC/C=C\C/C=C\C/C=C\C/C=C\C/C=C\CCCCCC(=O)OCC(COCCCCCCCC/C=C\CCCCCCCC)OC(=O)CCCCCCCCCCC. The van der Waals surface area contributed by atoms with Crippen LogP contribution in [0, 0.1) is 0 Å². The molecular formula is C55H96O5. The van der Waals surface area contributed by atoms with Crippen molar-refractivity contribution >= 4 is 11.9 Å². The van der Waals surface area contributed by atoms with Crippen LogP contribution in [0.3, 0.4) is 0 Å². The van der Waals surface area contributed by atoms with Gasteiger partial charge in [0.05, 0.1) is 6.61 Å². The molecule has 0 bridgehead atoms. The molecule has 0 heterocycles. The average molecular weight is 837 g/mol. The molecule has 0 aromatic carbocycles. The maximum atomic E-state index is 12.7. The summed E-state index contributed by atoms with van der Waals surface area (Å²) in [7, 11) is 0. The van der Waals surface area contributed by atoms with Crippen LogP contribution in [-0.2, 0) is 23.8 Å². The fraction of sp³-hybridized carbons (Fsp3) is 0.745. The fourth-order valence-corrected chi connectivity index (χ4v) is 6.94. The van der Waals surface area contributed by atoms with Crippen LogP contribution >= 0.6 is 0 Å². The van der Waals surface area contributed by atoms with Gasteiger partial charge in [0.1, 0.15) is 6.61 Å². The van der Waals surface area contributed by atoms with Crippen molar-refractivity contribution in [2.75, 3.05) is 19.8 Å². The Morgan fingerprint density at radius 3 is 1.23 bits per heavy atom. The number of allylic oxidation sites excluding steroid dienone is 12. The third-order valence-electron chi connectivity index (χ3n) is 10.7. The molecule has 0 saturated heterocycles. The first-order valence-electron chi connectivity index (χ1n) is 25.5. The van der Waals surface area contributed by atoms with E-state index in [-0.39, 0.29) is 25.2 Å². The second-order valence-corrected chi connectivity index (χ2v) is 16.7. The van der Waals surface area contributed by atoms with Crippen LogP contribution in [0.2, 0.25) is 0 Å². The van der Waals surface area contributed by atoms with Gasteiger partial charge >= 0.3 is 11.9 Å². The van der Waals surface area contributed by atoms with Crippen molar-refractivity contribution in [2.45, 2.75) is 245 Å². The summed E-state index contributed by atoms with van der Waals surface area (Å²) in [6.07, 6.45) is 64.8. The Balaban J connectivity index is 4.26. The van der Waals surface area contributed by atoms with Crippen LogP contribution in [0.25, 0.3) is 0 Å². The van der Waals surface area contributed by atoms with Gasteiger partial charge in [-0.1, -0.05) is 209 Å². The summed E-state index contributed by atoms with van der Waals surface area (Å²) in [6, 6.07) is 0. The normalized spacial score (nSPS) is 12.8. The zero-order valence-corrected chi connectivity index (χ0v) is 39.7. The van der Waals surface area contributed by atoms with E-state index in [2.05, 4.69) is 93.7 Å². The monoisotopic (exact) mass is 837 g/mol. The molecule has 0 aliphatic carbocycles. The number of carbonyl (C=O) groups is 2. The second kappa shape index (κ2) is 50.7. The Bertz CT molecular complexity index is 1080. The lowest BCUT2D eigenvalue weighted by Gasteiger charge is -2.18. The molecule has 0 saturated carbocycles. The lowest BCUT2D eigenvalue weighted by molar-refractivity contribution is -0.163.